The Morgan fingerprint density at radius 2 is 2.22 bits per heavy atom. The Hall–Kier alpha value is -2.13. The number of nitrogens with one attached hydrogen (secondary N) is 1. The quantitative estimate of drug-likeness (QED) is 0.553. The van der Waals surface area contributed by atoms with Gasteiger partial charge in [0, 0.05) is 24.7 Å². The summed E-state index contributed by atoms with van der Waals surface area (Å²) in [7, 11) is -0.865. The summed E-state index contributed by atoms with van der Waals surface area (Å²) in [6.07, 6.45) is 0. The molecule has 5 N–H and O–H groups in total. The highest BCUT2D eigenvalue weighted by Gasteiger charge is 2.27. The summed E-state index contributed by atoms with van der Waals surface area (Å²) < 4.78 is 10.9. The van der Waals surface area contributed by atoms with Gasteiger partial charge in [0.05, 0.1) is 13.2 Å². The predicted octanol–water partition coefficient (Wildman–Crippen LogP) is -0.0455. The summed E-state index contributed by atoms with van der Waals surface area (Å²) in [6, 6.07) is 8.94. The first-order valence-electron chi connectivity index (χ1n) is 7.36. The zero-order valence-electron chi connectivity index (χ0n) is 12.5. The molecule has 0 fully saturated rings. The van der Waals surface area contributed by atoms with Crippen LogP contribution in [0.5, 0.6) is 11.6 Å². The van der Waals surface area contributed by atoms with Crippen molar-refractivity contribution >= 4 is 18.4 Å². The third kappa shape index (κ3) is 3.45. The van der Waals surface area contributed by atoms with E-state index in [1.54, 1.807) is 18.2 Å². The third-order valence-corrected chi connectivity index (χ3v) is 3.58. The standard InChI is InChI=1S/C15H18BN3O4/c17-8-10-1-4-14(19-15(10)18-5-6-20)23-12-2-3-13-11(7-12)9-22-16(13)21/h1-4,7,20-21H,5-6,8-9,17H2,(H,18,19). The van der Waals surface area contributed by atoms with Gasteiger partial charge in [-0.1, -0.05) is 6.07 Å². The zero-order chi connectivity index (χ0) is 16.2. The van der Waals surface area contributed by atoms with Crippen LogP contribution in [0.15, 0.2) is 30.3 Å². The minimum absolute atomic E-state index is 0.00389. The first kappa shape index (κ1) is 15.8. The van der Waals surface area contributed by atoms with Crippen LogP contribution in [0.4, 0.5) is 5.82 Å². The second-order valence-corrected chi connectivity index (χ2v) is 5.14. The van der Waals surface area contributed by atoms with Crippen LogP contribution < -0.4 is 21.3 Å². The molecule has 0 saturated carbocycles. The number of benzene rings is 1. The molecule has 0 saturated heterocycles. The number of anilines is 1. The number of nitrogens with zero attached hydrogens (tertiary/aromatic N) is 1. The molecule has 1 aliphatic heterocycles. The molecule has 3 rings (SSSR count). The van der Waals surface area contributed by atoms with Crippen molar-refractivity contribution in [2.24, 2.45) is 5.73 Å². The van der Waals surface area contributed by atoms with Gasteiger partial charge < -0.3 is 30.6 Å². The molecule has 1 aromatic heterocycles. The molecule has 0 bridgehead atoms. The molecule has 1 aromatic carbocycles. The Bertz CT molecular complexity index is 698. The average molecular weight is 315 g/mol. The fourth-order valence-electron chi connectivity index (χ4n) is 2.41. The van der Waals surface area contributed by atoms with E-state index in [9.17, 15) is 5.02 Å². The lowest BCUT2D eigenvalue weighted by Crippen LogP contribution is -2.27. The molecule has 0 radical (unpaired) electrons. The number of ether oxygens (including phenoxy) is 1. The minimum atomic E-state index is -0.865. The first-order valence-corrected chi connectivity index (χ1v) is 7.36. The largest absolute Gasteiger partial charge is 0.491 e. The number of hydrogen-bond donors (Lipinski definition) is 4. The number of aliphatic hydroxyl groups excluding tert-OH is 1. The fourth-order valence-corrected chi connectivity index (χ4v) is 2.41. The van der Waals surface area contributed by atoms with E-state index in [4.69, 9.17) is 20.2 Å². The van der Waals surface area contributed by atoms with Gasteiger partial charge in [-0.2, -0.15) is 4.98 Å². The topological polar surface area (TPSA) is 110 Å². The Labute approximate surface area is 134 Å². The molecule has 0 amide bonds. The molecule has 120 valence electrons. The maximum Gasteiger partial charge on any atom is 0.491 e. The maximum absolute atomic E-state index is 9.62. The zero-order valence-corrected chi connectivity index (χ0v) is 12.5. The molecule has 8 heteroatoms. The van der Waals surface area contributed by atoms with E-state index in [1.165, 1.54) is 0 Å². The first-order chi connectivity index (χ1) is 11.2. The lowest BCUT2D eigenvalue weighted by atomic mass is 9.80. The van der Waals surface area contributed by atoms with Gasteiger partial charge in [-0.05, 0) is 29.2 Å². The van der Waals surface area contributed by atoms with Crippen LogP contribution in [0.1, 0.15) is 11.1 Å². The molecule has 23 heavy (non-hydrogen) atoms. The van der Waals surface area contributed by atoms with Crippen LogP contribution in [0.25, 0.3) is 0 Å². The number of hydrogen-bond acceptors (Lipinski definition) is 7. The molecule has 2 aromatic rings. The molecule has 7 nitrogen and oxygen atoms in total. The van der Waals surface area contributed by atoms with E-state index in [0.717, 1.165) is 16.6 Å². The summed E-state index contributed by atoms with van der Waals surface area (Å²) in [4.78, 5) is 4.38. The number of aromatic nitrogens is 1. The fraction of sp³-hybridized carbons (Fsp3) is 0.267. The van der Waals surface area contributed by atoms with E-state index >= 15 is 0 Å². The second kappa shape index (κ2) is 6.97. The Balaban J connectivity index is 1.80. The molecular formula is C15H18BN3O4. The Kier molecular flexibility index (Phi) is 4.77. The lowest BCUT2D eigenvalue weighted by molar-refractivity contribution is 0.275. The van der Waals surface area contributed by atoms with Crippen LogP contribution in [0.3, 0.4) is 0 Å². The van der Waals surface area contributed by atoms with Gasteiger partial charge in [-0.25, -0.2) is 0 Å². The smallest absolute Gasteiger partial charge is 0.439 e. The molecule has 2 heterocycles. The van der Waals surface area contributed by atoms with Gasteiger partial charge in [0.1, 0.15) is 11.6 Å². The lowest BCUT2D eigenvalue weighted by Gasteiger charge is -2.12. The summed E-state index contributed by atoms with van der Waals surface area (Å²) in [6.45, 7) is 1.09. The SMILES string of the molecule is NCc1ccc(Oc2ccc3c(c2)COB3O)nc1NCCO. The minimum Gasteiger partial charge on any atom is -0.439 e. The number of aliphatic hydroxyl groups is 1. The van der Waals surface area contributed by atoms with E-state index in [1.807, 2.05) is 12.1 Å². The van der Waals surface area contributed by atoms with E-state index < -0.39 is 7.12 Å². The van der Waals surface area contributed by atoms with Crippen molar-refractivity contribution in [2.75, 3.05) is 18.5 Å². The van der Waals surface area contributed by atoms with Gasteiger partial charge in [-0.3, -0.25) is 0 Å². The normalized spacial score (nSPS) is 13.1. The van der Waals surface area contributed by atoms with Gasteiger partial charge in [-0.15, -0.1) is 0 Å². The average Bonchev–Trinajstić information content (AvgIpc) is 2.94. The number of pyridine rings is 1. The van der Waals surface area contributed by atoms with Crippen molar-refractivity contribution in [2.45, 2.75) is 13.2 Å². The molecule has 0 spiro atoms. The highest BCUT2D eigenvalue weighted by atomic mass is 16.5. The highest BCUT2D eigenvalue weighted by Crippen LogP contribution is 2.25. The van der Waals surface area contributed by atoms with Gasteiger partial charge in [0.15, 0.2) is 0 Å². The van der Waals surface area contributed by atoms with Gasteiger partial charge >= 0.3 is 7.12 Å². The van der Waals surface area contributed by atoms with Crippen LogP contribution in [0, 0.1) is 0 Å². The van der Waals surface area contributed by atoms with Crippen molar-refractivity contribution < 1.29 is 19.5 Å². The van der Waals surface area contributed by atoms with Crippen LogP contribution in [-0.2, 0) is 17.8 Å². The van der Waals surface area contributed by atoms with Crippen LogP contribution in [0.2, 0.25) is 0 Å². The van der Waals surface area contributed by atoms with Crippen molar-refractivity contribution in [3.8, 4) is 11.6 Å². The summed E-state index contributed by atoms with van der Waals surface area (Å²) in [5.41, 5.74) is 8.18. The van der Waals surface area contributed by atoms with Gasteiger partial charge in [0.25, 0.3) is 0 Å². The number of nitrogens with two attached hydrogens (primary N) is 1. The number of fused-ring (bicyclic) bond motifs is 1. The third-order valence-electron chi connectivity index (χ3n) is 3.58. The molecule has 0 aliphatic carbocycles. The van der Waals surface area contributed by atoms with Crippen molar-refractivity contribution in [3.05, 3.63) is 41.5 Å². The van der Waals surface area contributed by atoms with E-state index in [0.29, 0.717) is 37.1 Å². The summed E-state index contributed by atoms with van der Waals surface area (Å²) in [5.74, 6) is 1.63. The van der Waals surface area contributed by atoms with E-state index in [-0.39, 0.29) is 6.61 Å². The second-order valence-electron chi connectivity index (χ2n) is 5.14. The predicted molar refractivity (Wildman–Crippen MR) is 86.6 cm³/mol. The molecule has 0 atom stereocenters. The van der Waals surface area contributed by atoms with Crippen molar-refractivity contribution in [3.63, 3.8) is 0 Å². The molecule has 0 unspecified atom stereocenters. The highest BCUT2D eigenvalue weighted by molar-refractivity contribution is 6.61. The van der Waals surface area contributed by atoms with Crippen LogP contribution in [-0.4, -0.2) is 35.4 Å². The molecular weight excluding hydrogens is 297 g/mol. The van der Waals surface area contributed by atoms with Gasteiger partial charge in [0.2, 0.25) is 5.88 Å². The summed E-state index contributed by atoms with van der Waals surface area (Å²) >= 11 is 0. The monoisotopic (exact) mass is 315 g/mol. The number of rotatable bonds is 6. The Morgan fingerprint density at radius 3 is 3.00 bits per heavy atom. The van der Waals surface area contributed by atoms with Crippen molar-refractivity contribution in [1.82, 2.24) is 4.98 Å². The molecule has 1 aliphatic rings. The van der Waals surface area contributed by atoms with E-state index in [2.05, 4.69) is 10.3 Å². The Morgan fingerprint density at radius 1 is 1.35 bits per heavy atom. The maximum atomic E-state index is 9.62. The van der Waals surface area contributed by atoms with Crippen molar-refractivity contribution in [1.29, 1.82) is 0 Å². The van der Waals surface area contributed by atoms with Crippen LogP contribution >= 0.6 is 0 Å². The summed E-state index contributed by atoms with van der Waals surface area (Å²) in [5, 5.41) is 21.6.